The number of nitrogens with two attached hydrogens (primary N) is 1. The second-order valence-corrected chi connectivity index (χ2v) is 10.7. The van der Waals surface area contributed by atoms with E-state index in [4.69, 9.17) is 20.2 Å². The van der Waals surface area contributed by atoms with Crippen LogP contribution in [0.5, 0.6) is 5.75 Å². The maximum atomic E-state index is 6.16. The predicted molar refractivity (Wildman–Crippen MR) is 143 cm³/mol. The zero-order valence-corrected chi connectivity index (χ0v) is 22.0. The van der Waals surface area contributed by atoms with Gasteiger partial charge in [0, 0.05) is 36.5 Å². The molecule has 1 aliphatic heterocycles. The average Bonchev–Trinajstić information content (AvgIpc) is 3.34. The molecule has 1 fully saturated rings. The van der Waals surface area contributed by atoms with Crippen LogP contribution in [0.2, 0.25) is 0 Å². The van der Waals surface area contributed by atoms with Gasteiger partial charge in [-0.05, 0) is 83.1 Å². The highest BCUT2D eigenvalue weighted by Crippen LogP contribution is 2.36. The third-order valence-electron chi connectivity index (χ3n) is 6.51. The molecule has 0 aliphatic carbocycles. The van der Waals surface area contributed by atoms with Gasteiger partial charge in [0.25, 0.3) is 0 Å². The molecule has 6 nitrogen and oxygen atoms in total. The number of hydrogen-bond acceptors (Lipinski definition) is 7. The lowest BCUT2D eigenvalue weighted by Gasteiger charge is -2.27. The lowest BCUT2D eigenvalue weighted by molar-refractivity contribution is 0.0742. The lowest BCUT2D eigenvalue weighted by Crippen LogP contribution is -2.29. The van der Waals surface area contributed by atoms with Gasteiger partial charge in [-0.25, -0.2) is 9.97 Å². The minimum atomic E-state index is -0.494. The number of pyridine rings is 1. The monoisotopic (exact) mass is 490 g/mol. The quantitative estimate of drug-likeness (QED) is 0.475. The Morgan fingerprint density at radius 3 is 2.69 bits per heavy atom. The van der Waals surface area contributed by atoms with Crippen LogP contribution in [-0.2, 0) is 11.3 Å². The number of aromatic nitrogens is 2. The van der Waals surface area contributed by atoms with Crippen molar-refractivity contribution in [3.05, 3.63) is 58.4 Å². The molecular formula is C28H34N4O2S. The Morgan fingerprint density at radius 2 is 1.94 bits per heavy atom. The molecule has 0 unspecified atom stereocenters. The number of thiazole rings is 1. The zero-order valence-electron chi connectivity index (χ0n) is 21.2. The van der Waals surface area contributed by atoms with Gasteiger partial charge < -0.3 is 20.1 Å². The maximum absolute atomic E-state index is 6.16. The molecular weight excluding hydrogens is 456 g/mol. The molecule has 2 N–H and O–H groups in total. The Bertz CT molecular complexity index is 1230. The molecule has 0 bridgehead atoms. The SMILES string of the molecule is COC(C)(C)C#Cc1ccc(C)c(COc2cc(-c3cnc(C4CCN(C)CC4)s3)cnc2N)c1. The van der Waals surface area contributed by atoms with E-state index in [0.717, 1.165) is 53.1 Å². The van der Waals surface area contributed by atoms with Crippen LogP contribution in [0.4, 0.5) is 5.82 Å². The van der Waals surface area contributed by atoms with Crippen LogP contribution in [-0.4, -0.2) is 47.7 Å². The van der Waals surface area contributed by atoms with E-state index in [1.165, 1.54) is 5.01 Å². The van der Waals surface area contributed by atoms with Crippen LogP contribution in [0.25, 0.3) is 10.4 Å². The Morgan fingerprint density at radius 1 is 1.17 bits per heavy atom. The van der Waals surface area contributed by atoms with E-state index in [-0.39, 0.29) is 0 Å². The summed E-state index contributed by atoms with van der Waals surface area (Å²) < 4.78 is 11.5. The molecule has 1 aromatic carbocycles. The van der Waals surface area contributed by atoms with Crippen molar-refractivity contribution in [2.75, 3.05) is 33.0 Å². The predicted octanol–water partition coefficient (Wildman–Crippen LogP) is 5.26. The molecule has 0 atom stereocenters. The summed E-state index contributed by atoms with van der Waals surface area (Å²) in [5, 5.41) is 1.21. The first-order valence-corrected chi connectivity index (χ1v) is 12.8. The van der Waals surface area contributed by atoms with Crippen LogP contribution in [0, 0.1) is 18.8 Å². The molecule has 4 rings (SSSR count). The zero-order chi connectivity index (χ0) is 25.0. The number of ether oxygens (including phenoxy) is 2. The summed E-state index contributed by atoms with van der Waals surface area (Å²) in [6, 6.07) is 8.09. The topological polar surface area (TPSA) is 73.5 Å². The van der Waals surface area contributed by atoms with Crippen molar-refractivity contribution in [1.29, 1.82) is 0 Å². The number of hydrogen-bond donors (Lipinski definition) is 1. The third-order valence-corrected chi connectivity index (χ3v) is 7.72. The molecule has 1 saturated heterocycles. The molecule has 0 amide bonds. The number of likely N-dealkylation sites (tertiary alicyclic amines) is 1. The molecule has 1 aliphatic rings. The summed E-state index contributed by atoms with van der Waals surface area (Å²) in [6.45, 7) is 8.58. The van der Waals surface area contributed by atoms with Gasteiger partial charge in [-0.3, -0.25) is 0 Å². The molecule has 7 heteroatoms. The van der Waals surface area contributed by atoms with Crippen molar-refractivity contribution >= 4 is 17.2 Å². The van der Waals surface area contributed by atoms with E-state index in [0.29, 0.717) is 24.1 Å². The van der Waals surface area contributed by atoms with E-state index in [2.05, 4.69) is 47.8 Å². The number of anilines is 1. The molecule has 0 radical (unpaired) electrons. The van der Waals surface area contributed by atoms with Gasteiger partial charge in [0.1, 0.15) is 12.2 Å². The second-order valence-electron chi connectivity index (χ2n) is 9.64. The minimum absolute atomic E-state index is 0.379. The van der Waals surface area contributed by atoms with Gasteiger partial charge in [0.2, 0.25) is 0 Å². The first-order chi connectivity index (χ1) is 16.7. The molecule has 2 aromatic heterocycles. The van der Waals surface area contributed by atoms with Gasteiger partial charge in [-0.2, -0.15) is 0 Å². The fourth-order valence-corrected chi connectivity index (χ4v) is 4.97. The fourth-order valence-electron chi connectivity index (χ4n) is 3.90. The largest absolute Gasteiger partial charge is 0.485 e. The number of benzene rings is 1. The van der Waals surface area contributed by atoms with Gasteiger partial charge in [-0.15, -0.1) is 11.3 Å². The van der Waals surface area contributed by atoms with Gasteiger partial charge in [-0.1, -0.05) is 17.9 Å². The van der Waals surface area contributed by atoms with Gasteiger partial charge in [0.15, 0.2) is 11.6 Å². The highest BCUT2D eigenvalue weighted by molar-refractivity contribution is 7.15. The van der Waals surface area contributed by atoms with Crippen molar-refractivity contribution < 1.29 is 9.47 Å². The summed E-state index contributed by atoms with van der Waals surface area (Å²) in [6.07, 6.45) is 6.06. The van der Waals surface area contributed by atoms with Crippen LogP contribution in [0.3, 0.4) is 0 Å². The van der Waals surface area contributed by atoms with Crippen molar-refractivity contribution in [3.8, 4) is 28.0 Å². The van der Waals surface area contributed by atoms with E-state index < -0.39 is 5.60 Å². The Balaban J connectivity index is 1.48. The third kappa shape index (κ3) is 6.40. The standard InChI is InChI=1S/C28H34N4O2S/c1-19-6-7-20(8-11-28(2,3)33-5)14-23(19)18-34-24-15-22(16-30-26(24)29)25-17-31-27(35-25)21-9-12-32(4)13-10-21/h6-7,14-17,21H,9-10,12-13,18H2,1-5H3,(H2,29,30). The van der Waals surface area contributed by atoms with Crippen molar-refractivity contribution in [2.24, 2.45) is 0 Å². The van der Waals surface area contributed by atoms with Gasteiger partial charge in [0.05, 0.1) is 9.88 Å². The summed E-state index contributed by atoms with van der Waals surface area (Å²) >= 11 is 1.74. The number of nitrogen functional groups attached to an aromatic ring is 1. The maximum Gasteiger partial charge on any atom is 0.166 e. The molecule has 3 aromatic rings. The molecule has 3 heterocycles. The summed E-state index contributed by atoms with van der Waals surface area (Å²) in [4.78, 5) is 12.6. The average molecular weight is 491 g/mol. The van der Waals surface area contributed by atoms with E-state index >= 15 is 0 Å². The highest BCUT2D eigenvalue weighted by Gasteiger charge is 2.21. The van der Waals surface area contributed by atoms with E-state index in [1.54, 1.807) is 24.6 Å². The van der Waals surface area contributed by atoms with Crippen LogP contribution in [0.1, 0.15) is 54.3 Å². The van der Waals surface area contributed by atoms with E-state index in [1.807, 2.05) is 32.2 Å². The Labute approximate surface area is 212 Å². The first kappa shape index (κ1) is 25.2. The molecule has 35 heavy (non-hydrogen) atoms. The van der Waals surface area contributed by atoms with Crippen molar-refractivity contribution in [2.45, 2.75) is 51.7 Å². The molecule has 0 spiro atoms. The Kier molecular flexibility index (Phi) is 7.75. The number of methoxy groups -OCH3 is 1. The first-order valence-electron chi connectivity index (χ1n) is 11.9. The van der Waals surface area contributed by atoms with Gasteiger partial charge >= 0.3 is 0 Å². The van der Waals surface area contributed by atoms with Crippen LogP contribution in [0.15, 0.2) is 36.7 Å². The van der Waals surface area contributed by atoms with Crippen molar-refractivity contribution in [3.63, 3.8) is 0 Å². The van der Waals surface area contributed by atoms with E-state index in [9.17, 15) is 0 Å². The van der Waals surface area contributed by atoms with Crippen LogP contribution >= 0.6 is 11.3 Å². The summed E-state index contributed by atoms with van der Waals surface area (Å²) in [7, 11) is 3.84. The molecule has 184 valence electrons. The number of piperidine rings is 1. The number of nitrogens with zero attached hydrogens (tertiary/aromatic N) is 3. The highest BCUT2D eigenvalue weighted by atomic mass is 32.1. The normalized spacial score (nSPS) is 15.0. The Hall–Kier alpha value is -2.92. The summed E-state index contributed by atoms with van der Waals surface area (Å²) in [5.74, 6) is 7.85. The minimum Gasteiger partial charge on any atom is -0.485 e. The second kappa shape index (κ2) is 10.8. The molecule has 0 saturated carbocycles. The number of aryl methyl sites for hydroxylation is 1. The smallest absolute Gasteiger partial charge is 0.166 e. The fraction of sp³-hybridized carbons (Fsp3) is 0.429. The number of rotatable bonds is 6. The van der Waals surface area contributed by atoms with Crippen molar-refractivity contribution in [1.82, 2.24) is 14.9 Å². The summed E-state index contributed by atoms with van der Waals surface area (Å²) in [5.41, 5.74) is 9.75. The lowest BCUT2D eigenvalue weighted by atomic mass is 9.98. The van der Waals surface area contributed by atoms with Crippen LogP contribution < -0.4 is 10.5 Å².